The molecule has 0 bridgehead atoms. The monoisotopic (exact) mass is 330 g/mol. The van der Waals surface area contributed by atoms with Crippen molar-refractivity contribution in [1.29, 1.82) is 0 Å². The van der Waals surface area contributed by atoms with Gasteiger partial charge in [-0.1, -0.05) is 38.5 Å². The second-order valence-corrected chi connectivity index (χ2v) is 14.8. The maximum Gasteiger partial charge on any atom is 0.335 e. The molecule has 0 amide bonds. The molecule has 0 aliphatic heterocycles. The van der Waals surface area contributed by atoms with E-state index in [2.05, 4.69) is 13.1 Å². The smallest absolute Gasteiger partial charge is 0.335 e. The minimum absolute atomic E-state index is 0.682. The van der Waals surface area contributed by atoms with Crippen LogP contribution in [0.15, 0.2) is 0 Å². The van der Waals surface area contributed by atoms with Crippen LogP contribution in [0.1, 0.15) is 64.2 Å². The van der Waals surface area contributed by atoms with Crippen LogP contribution in [0.5, 0.6) is 0 Å². The van der Waals surface area contributed by atoms with Crippen LogP contribution in [0, 0.1) is 0 Å². The van der Waals surface area contributed by atoms with Crippen molar-refractivity contribution < 1.29 is 13.0 Å². The second-order valence-electron chi connectivity index (χ2n) is 7.30. The molecule has 0 N–H and O–H groups in total. The lowest BCUT2D eigenvalue weighted by Gasteiger charge is -2.47. The summed E-state index contributed by atoms with van der Waals surface area (Å²) in [4.78, 5) is 0. The average molecular weight is 331 g/mol. The Labute approximate surface area is 133 Å². The predicted molar refractivity (Wildman–Crippen MR) is 92.0 cm³/mol. The molecule has 2 aliphatic rings. The van der Waals surface area contributed by atoms with Gasteiger partial charge in [0.25, 0.3) is 0 Å². The van der Waals surface area contributed by atoms with E-state index in [-0.39, 0.29) is 0 Å². The van der Waals surface area contributed by atoms with Gasteiger partial charge in [-0.05, 0) is 38.8 Å². The van der Waals surface area contributed by atoms with E-state index in [0.29, 0.717) is 11.1 Å². The molecule has 0 aromatic rings. The van der Waals surface area contributed by atoms with Crippen molar-refractivity contribution in [2.45, 2.75) is 88.4 Å². The van der Waals surface area contributed by atoms with Crippen molar-refractivity contribution >= 4 is 17.1 Å². The Hall–Kier alpha value is 0.314. The minimum Gasteiger partial charge on any atom is -0.414 e. The Morgan fingerprint density at radius 2 is 1.10 bits per heavy atom. The molecule has 0 atom stereocenters. The summed E-state index contributed by atoms with van der Waals surface area (Å²) >= 11 is 0. The zero-order valence-electron chi connectivity index (χ0n) is 14.5. The molecule has 0 aromatic heterocycles. The minimum atomic E-state index is -2.19. The largest absolute Gasteiger partial charge is 0.414 e. The molecule has 2 rings (SSSR count). The Balaban J connectivity index is 2.24. The standard InChI is InChI=1S/C16H34O3Si2/c1-17-20(3,4)19-21(18-2,15-11-7-5-8-12-15)16-13-9-6-10-14-16/h15-16H,5-14H2,1-4H3. The van der Waals surface area contributed by atoms with E-state index in [0.717, 1.165) is 0 Å². The highest BCUT2D eigenvalue weighted by atomic mass is 28.5. The second kappa shape index (κ2) is 7.73. The zero-order valence-corrected chi connectivity index (χ0v) is 16.5. The van der Waals surface area contributed by atoms with E-state index in [1.165, 1.54) is 64.2 Å². The van der Waals surface area contributed by atoms with Gasteiger partial charge in [0, 0.05) is 25.3 Å². The summed E-state index contributed by atoms with van der Waals surface area (Å²) in [5.74, 6) is 0. The Morgan fingerprint density at radius 1 is 0.667 bits per heavy atom. The molecule has 0 aromatic carbocycles. The molecular formula is C16H34O3Si2. The van der Waals surface area contributed by atoms with Crippen molar-refractivity contribution in [3.63, 3.8) is 0 Å². The molecule has 3 nitrogen and oxygen atoms in total. The van der Waals surface area contributed by atoms with E-state index < -0.39 is 17.1 Å². The van der Waals surface area contributed by atoms with E-state index in [9.17, 15) is 0 Å². The normalized spacial score (nSPS) is 23.4. The van der Waals surface area contributed by atoms with Crippen LogP contribution in [0.4, 0.5) is 0 Å². The fourth-order valence-corrected chi connectivity index (χ4v) is 13.1. The van der Waals surface area contributed by atoms with Crippen molar-refractivity contribution in [2.24, 2.45) is 0 Å². The van der Waals surface area contributed by atoms with Crippen molar-refractivity contribution in [2.75, 3.05) is 14.2 Å². The highest BCUT2D eigenvalue weighted by Gasteiger charge is 2.54. The topological polar surface area (TPSA) is 27.7 Å². The van der Waals surface area contributed by atoms with Crippen molar-refractivity contribution in [3.05, 3.63) is 0 Å². The summed E-state index contributed by atoms with van der Waals surface area (Å²) < 4.78 is 18.9. The first-order chi connectivity index (χ1) is 10.0. The van der Waals surface area contributed by atoms with Crippen LogP contribution in [0.25, 0.3) is 0 Å². The first-order valence-electron chi connectivity index (χ1n) is 8.84. The molecular weight excluding hydrogens is 296 g/mol. The third-order valence-corrected chi connectivity index (χ3v) is 13.9. The highest BCUT2D eigenvalue weighted by Crippen LogP contribution is 2.49. The molecule has 0 radical (unpaired) electrons. The Bertz CT molecular complexity index is 293. The molecule has 21 heavy (non-hydrogen) atoms. The van der Waals surface area contributed by atoms with Gasteiger partial charge in [0.15, 0.2) is 0 Å². The zero-order chi connectivity index (χ0) is 15.3. The van der Waals surface area contributed by atoms with Crippen molar-refractivity contribution in [1.82, 2.24) is 0 Å². The van der Waals surface area contributed by atoms with E-state index in [1.54, 1.807) is 0 Å². The SMILES string of the molecule is CO[Si](C)(C)O[Si](OC)(C1CCCCC1)C1CCCCC1. The first-order valence-corrected chi connectivity index (χ1v) is 13.6. The number of hydrogen-bond acceptors (Lipinski definition) is 3. The van der Waals surface area contributed by atoms with Crippen molar-refractivity contribution in [3.8, 4) is 0 Å². The van der Waals surface area contributed by atoms with Gasteiger partial charge in [0.1, 0.15) is 0 Å². The molecule has 124 valence electrons. The summed E-state index contributed by atoms with van der Waals surface area (Å²) in [6, 6.07) is 0. The van der Waals surface area contributed by atoms with Gasteiger partial charge >= 0.3 is 17.1 Å². The molecule has 0 spiro atoms. The maximum absolute atomic E-state index is 6.84. The lowest BCUT2D eigenvalue weighted by atomic mass is 9.99. The molecule has 0 heterocycles. The molecule has 5 heteroatoms. The van der Waals surface area contributed by atoms with Gasteiger partial charge in [-0.3, -0.25) is 0 Å². The van der Waals surface area contributed by atoms with Crippen LogP contribution >= 0.6 is 0 Å². The highest BCUT2D eigenvalue weighted by molar-refractivity contribution is 6.81. The molecule has 2 saturated carbocycles. The van der Waals surface area contributed by atoms with Crippen LogP contribution in [-0.4, -0.2) is 31.3 Å². The van der Waals surface area contributed by atoms with Crippen LogP contribution in [0.2, 0.25) is 24.2 Å². The van der Waals surface area contributed by atoms with Gasteiger partial charge < -0.3 is 13.0 Å². The third kappa shape index (κ3) is 4.19. The first kappa shape index (κ1) is 17.7. The quantitative estimate of drug-likeness (QED) is 0.633. The lowest BCUT2D eigenvalue weighted by Crippen LogP contribution is -2.58. The third-order valence-electron chi connectivity index (χ3n) is 5.56. The lowest BCUT2D eigenvalue weighted by molar-refractivity contribution is 0.201. The molecule has 0 saturated heterocycles. The van der Waals surface area contributed by atoms with Crippen LogP contribution < -0.4 is 0 Å². The van der Waals surface area contributed by atoms with E-state index >= 15 is 0 Å². The number of hydrogen-bond donors (Lipinski definition) is 0. The maximum atomic E-state index is 6.84. The Morgan fingerprint density at radius 3 is 1.43 bits per heavy atom. The van der Waals surface area contributed by atoms with E-state index in [1.807, 2.05) is 14.2 Å². The Kier molecular flexibility index (Phi) is 6.50. The summed E-state index contributed by atoms with van der Waals surface area (Å²) in [5, 5.41) is 0. The number of rotatable bonds is 6. The fraction of sp³-hybridized carbons (Fsp3) is 1.00. The van der Waals surface area contributed by atoms with Gasteiger partial charge in [0.05, 0.1) is 0 Å². The van der Waals surface area contributed by atoms with E-state index in [4.69, 9.17) is 13.0 Å². The van der Waals surface area contributed by atoms with Gasteiger partial charge in [-0.2, -0.15) is 0 Å². The summed E-state index contributed by atoms with van der Waals surface area (Å²) in [6.45, 7) is 4.36. The summed E-state index contributed by atoms with van der Waals surface area (Å²) in [7, 11) is -0.518. The molecule has 2 aliphatic carbocycles. The van der Waals surface area contributed by atoms with Gasteiger partial charge in [0.2, 0.25) is 0 Å². The average Bonchev–Trinajstić information content (AvgIpc) is 2.54. The fourth-order valence-electron chi connectivity index (χ4n) is 4.31. The van der Waals surface area contributed by atoms with Crippen LogP contribution in [0.3, 0.4) is 0 Å². The van der Waals surface area contributed by atoms with Gasteiger partial charge in [-0.15, -0.1) is 0 Å². The predicted octanol–water partition coefficient (Wildman–Crippen LogP) is 5.11. The molecule has 2 fully saturated rings. The molecule has 0 unspecified atom stereocenters. The summed E-state index contributed by atoms with van der Waals surface area (Å²) in [6.07, 6.45) is 13.4. The van der Waals surface area contributed by atoms with Gasteiger partial charge in [-0.25, -0.2) is 0 Å². The van der Waals surface area contributed by atoms with Crippen LogP contribution in [-0.2, 0) is 13.0 Å². The summed E-state index contributed by atoms with van der Waals surface area (Å²) in [5.41, 5.74) is 1.36.